The number of amides is 1. The van der Waals surface area contributed by atoms with Crippen LogP contribution in [0.15, 0.2) is 30.0 Å². The van der Waals surface area contributed by atoms with E-state index in [9.17, 15) is 10.1 Å². The number of hydrogen-bond donors (Lipinski definition) is 0. The maximum Gasteiger partial charge on any atom is 0.265 e. The van der Waals surface area contributed by atoms with E-state index >= 15 is 0 Å². The molecular weight excluding hydrogens is 543 g/mol. The summed E-state index contributed by atoms with van der Waals surface area (Å²) >= 11 is 14.0. The zero-order valence-corrected chi connectivity index (χ0v) is 25.4. The number of thiazole rings is 1. The molecule has 2 aromatic rings. The van der Waals surface area contributed by atoms with E-state index in [1.165, 1.54) is 11.3 Å². The van der Waals surface area contributed by atoms with E-state index in [4.69, 9.17) is 27.6 Å². The fourth-order valence-corrected chi connectivity index (χ4v) is 6.78. The van der Waals surface area contributed by atoms with Gasteiger partial charge in [0.1, 0.15) is 11.6 Å². The number of anilines is 1. The second kappa shape index (κ2) is 11.1. The van der Waals surface area contributed by atoms with Gasteiger partial charge in [-0.15, -0.1) is 0 Å². The quantitative estimate of drug-likeness (QED) is 0.189. The molecule has 2 heterocycles. The van der Waals surface area contributed by atoms with E-state index in [1.807, 2.05) is 12.1 Å². The Labute approximate surface area is 235 Å². The van der Waals surface area contributed by atoms with Gasteiger partial charge < -0.3 is 14.2 Å². The van der Waals surface area contributed by atoms with Gasteiger partial charge in [-0.2, -0.15) is 5.26 Å². The molecule has 0 N–H and O–H groups in total. The molecule has 1 saturated heterocycles. The lowest BCUT2D eigenvalue weighted by atomic mass is 10.1. The molecule has 0 unspecified atom stereocenters. The number of carbonyl (C=O) groups excluding carboxylic acids is 1. The lowest BCUT2D eigenvalue weighted by Gasteiger charge is -2.38. The van der Waals surface area contributed by atoms with E-state index in [2.05, 4.69) is 49.8 Å². The molecule has 1 aromatic heterocycles. The number of hydrogen-bond acceptors (Lipinski definition) is 6. The van der Waals surface area contributed by atoms with Crippen LogP contribution in [0, 0.1) is 11.3 Å². The maximum absolute atomic E-state index is 13.4. The predicted octanol–water partition coefficient (Wildman–Crippen LogP) is 7.15. The minimum Gasteiger partial charge on any atom is -0.412 e. The number of benzene rings is 1. The van der Waals surface area contributed by atoms with E-state index in [0.29, 0.717) is 16.6 Å². The van der Waals surface area contributed by atoms with Crippen LogP contribution in [0.3, 0.4) is 0 Å². The van der Waals surface area contributed by atoms with Crippen molar-refractivity contribution in [3.8, 4) is 6.07 Å². The summed E-state index contributed by atoms with van der Waals surface area (Å²) in [7, 11) is -1.83. The first-order valence-corrected chi connectivity index (χ1v) is 17.1. The average molecular weight is 578 g/mol. The third kappa shape index (κ3) is 6.58. The van der Waals surface area contributed by atoms with Crippen molar-refractivity contribution in [1.82, 2.24) is 9.88 Å². The SMILES string of the molecule is CC(C)(C)[Si](C)(C)O[C@H]1CCN(c2ncc(/C=C(\C#N)C(=O)N(Cc3cccc(Cl)c3Cl)C3CC3)s2)C1. The zero-order valence-electron chi connectivity index (χ0n) is 22.1. The van der Waals surface area contributed by atoms with Crippen LogP contribution in [0.1, 0.15) is 50.5 Å². The Hall–Kier alpha value is -1.89. The van der Waals surface area contributed by atoms with Crippen LogP contribution in [0.4, 0.5) is 5.13 Å². The number of nitriles is 1. The Morgan fingerprint density at radius 3 is 2.70 bits per heavy atom. The first-order chi connectivity index (χ1) is 17.4. The van der Waals surface area contributed by atoms with E-state index in [1.54, 1.807) is 23.2 Å². The van der Waals surface area contributed by atoms with E-state index < -0.39 is 8.32 Å². The number of aromatic nitrogens is 1. The van der Waals surface area contributed by atoms with E-state index in [0.717, 1.165) is 47.9 Å². The third-order valence-electron chi connectivity index (χ3n) is 7.45. The lowest BCUT2D eigenvalue weighted by molar-refractivity contribution is -0.127. The number of halogens is 2. The molecule has 2 fully saturated rings. The van der Waals surface area contributed by atoms with Crippen LogP contribution in [0.25, 0.3) is 6.08 Å². The van der Waals surface area contributed by atoms with Gasteiger partial charge in [-0.25, -0.2) is 4.98 Å². The topological polar surface area (TPSA) is 69.5 Å². The van der Waals surface area contributed by atoms with Gasteiger partial charge in [-0.3, -0.25) is 4.79 Å². The summed E-state index contributed by atoms with van der Waals surface area (Å²) in [5, 5.41) is 11.8. The summed E-state index contributed by atoms with van der Waals surface area (Å²) in [6, 6.07) is 7.62. The summed E-state index contributed by atoms with van der Waals surface area (Å²) in [4.78, 5) is 22.8. The second-order valence-electron chi connectivity index (χ2n) is 11.3. The molecule has 2 aliphatic rings. The molecule has 0 bridgehead atoms. The highest BCUT2D eigenvalue weighted by atomic mass is 35.5. The van der Waals surface area contributed by atoms with Gasteiger partial charge in [0.15, 0.2) is 13.4 Å². The summed E-state index contributed by atoms with van der Waals surface area (Å²) in [6.07, 6.45) is 6.40. The Morgan fingerprint density at radius 2 is 2.05 bits per heavy atom. The second-order valence-corrected chi connectivity index (χ2v) is 17.9. The molecule has 0 spiro atoms. The molecule has 0 radical (unpaired) electrons. The van der Waals surface area contributed by atoms with E-state index in [-0.39, 0.29) is 28.7 Å². The molecule has 4 rings (SSSR count). The highest BCUT2D eigenvalue weighted by Gasteiger charge is 2.41. The van der Waals surface area contributed by atoms with Crippen molar-refractivity contribution in [3.63, 3.8) is 0 Å². The fraction of sp³-hybridized carbons (Fsp3) is 0.519. The monoisotopic (exact) mass is 576 g/mol. The zero-order chi connectivity index (χ0) is 27.0. The highest BCUT2D eigenvalue weighted by Crippen LogP contribution is 2.39. The molecular formula is C27H34Cl2N4O2SSi. The van der Waals surface area contributed by atoms with Crippen LogP contribution < -0.4 is 4.90 Å². The Morgan fingerprint density at radius 1 is 1.32 bits per heavy atom. The number of nitrogens with zero attached hydrogens (tertiary/aromatic N) is 4. The minimum absolute atomic E-state index is 0.0980. The third-order valence-corrected chi connectivity index (χ3v) is 13.9. The molecule has 6 nitrogen and oxygen atoms in total. The molecule has 1 aliphatic heterocycles. The highest BCUT2D eigenvalue weighted by molar-refractivity contribution is 7.16. The van der Waals surface area contributed by atoms with Crippen molar-refractivity contribution >= 4 is 60.0 Å². The molecule has 1 saturated carbocycles. The van der Waals surface area contributed by atoms with Crippen LogP contribution in [-0.4, -0.2) is 49.3 Å². The summed E-state index contributed by atoms with van der Waals surface area (Å²) in [5.74, 6) is -0.292. The molecule has 10 heteroatoms. The van der Waals surface area contributed by atoms with Crippen molar-refractivity contribution < 1.29 is 9.22 Å². The van der Waals surface area contributed by atoms with Crippen LogP contribution in [-0.2, 0) is 15.8 Å². The average Bonchev–Trinajstić information content (AvgIpc) is 3.38. The van der Waals surface area contributed by atoms with Gasteiger partial charge in [0.2, 0.25) is 0 Å². The van der Waals surface area contributed by atoms with Crippen molar-refractivity contribution in [2.75, 3.05) is 18.0 Å². The lowest BCUT2D eigenvalue weighted by Crippen LogP contribution is -2.44. The molecule has 198 valence electrons. The van der Waals surface area contributed by atoms with Gasteiger partial charge in [-0.1, -0.05) is 67.4 Å². The largest absolute Gasteiger partial charge is 0.412 e. The van der Waals surface area contributed by atoms with Crippen molar-refractivity contribution in [2.24, 2.45) is 0 Å². The fourth-order valence-electron chi connectivity index (χ4n) is 4.13. The smallest absolute Gasteiger partial charge is 0.265 e. The molecule has 37 heavy (non-hydrogen) atoms. The first-order valence-electron chi connectivity index (χ1n) is 12.6. The van der Waals surface area contributed by atoms with Gasteiger partial charge in [-0.05, 0) is 55.1 Å². The van der Waals surface area contributed by atoms with Crippen LogP contribution in [0.2, 0.25) is 28.2 Å². The molecule has 1 aromatic carbocycles. The van der Waals surface area contributed by atoms with Crippen molar-refractivity contribution in [1.29, 1.82) is 5.26 Å². The Bertz CT molecular complexity index is 1230. The molecule has 1 aliphatic carbocycles. The first kappa shape index (κ1) is 28.1. The van der Waals surface area contributed by atoms with Crippen LogP contribution in [0.5, 0.6) is 0 Å². The Balaban J connectivity index is 1.45. The van der Waals surface area contributed by atoms with Gasteiger partial charge in [0, 0.05) is 31.9 Å². The van der Waals surface area contributed by atoms with Gasteiger partial charge in [0.25, 0.3) is 5.91 Å². The summed E-state index contributed by atoms with van der Waals surface area (Å²) in [6.45, 7) is 13.4. The molecule has 1 atom stereocenters. The predicted molar refractivity (Wildman–Crippen MR) is 155 cm³/mol. The number of carbonyl (C=O) groups is 1. The van der Waals surface area contributed by atoms with Gasteiger partial charge in [0.05, 0.1) is 21.0 Å². The Kier molecular flexibility index (Phi) is 8.42. The summed E-state index contributed by atoms with van der Waals surface area (Å²) < 4.78 is 6.61. The van der Waals surface area contributed by atoms with Crippen molar-refractivity contribution in [3.05, 3.63) is 50.5 Å². The van der Waals surface area contributed by atoms with Gasteiger partial charge >= 0.3 is 0 Å². The maximum atomic E-state index is 13.4. The normalized spacial score (nSPS) is 18.7. The van der Waals surface area contributed by atoms with Crippen molar-refractivity contribution in [2.45, 2.75) is 76.9 Å². The summed E-state index contributed by atoms with van der Waals surface area (Å²) in [5.41, 5.74) is 0.871. The number of rotatable bonds is 8. The standard InChI is InChI=1S/C27H34Cl2N4O2SSi/c1-27(2,3)37(4,5)35-21-11-12-32(17-21)26-31-15-22(36-26)13-19(14-30)25(34)33(20-9-10-20)16-18-7-6-8-23(28)24(18)29/h6-8,13,15,20-21H,9-12,16-17H2,1-5H3/b19-13+/t21-/m0/s1. The molecule has 1 amide bonds. The van der Waals surface area contributed by atoms with Crippen LogP contribution >= 0.6 is 34.5 Å². The minimum atomic E-state index is -1.83.